The van der Waals surface area contributed by atoms with E-state index in [1.54, 1.807) is 6.07 Å². The summed E-state index contributed by atoms with van der Waals surface area (Å²) in [5.41, 5.74) is 3.90. The van der Waals surface area contributed by atoms with Crippen molar-refractivity contribution in [3.63, 3.8) is 0 Å². The van der Waals surface area contributed by atoms with Crippen LogP contribution in [-0.4, -0.2) is 61.5 Å². The van der Waals surface area contributed by atoms with Crippen LogP contribution in [0.3, 0.4) is 0 Å². The quantitative estimate of drug-likeness (QED) is 0.546. The summed E-state index contributed by atoms with van der Waals surface area (Å²) in [6.07, 6.45) is -0.493. The number of rotatable bonds is 5. The molecule has 0 amide bonds. The summed E-state index contributed by atoms with van der Waals surface area (Å²) in [6.45, 7) is 5.82. The predicted molar refractivity (Wildman–Crippen MR) is 119 cm³/mol. The predicted octanol–water partition coefficient (Wildman–Crippen LogP) is 1.91. The lowest BCUT2D eigenvalue weighted by Gasteiger charge is -2.41. The van der Waals surface area contributed by atoms with E-state index in [1.807, 2.05) is 19.9 Å². The molecule has 1 saturated carbocycles. The number of aliphatic hydroxyl groups excluding tert-OH is 2. The van der Waals surface area contributed by atoms with Gasteiger partial charge in [0.15, 0.2) is 5.82 Å². The highest BCUT2D eigenvalue weighted by Gasteiger charge is 2.58. The number of nitrogens with zero attached hydrogens (tertiary/aromatic N) is 4. The second kappa shape index (κ2) is 9.02. The molecule has 34 heavy (non-hydrogen) atoms. The molecule has 0 spiro atoms. The highest BCUT2D eigenvalue weighted by Crippen LogP contribution is 2.42. The normalized spacial score (nSPS) is 33.7. The molecular formula is C23H31N5O6. The van der Waals surface area contributed by atoms with Crippen molar-refractivity contribution in [3.8, 4) is 6.07 Å². The molecule has 0 radical (unpaired) electrons. The Bertz CT molecular complexity index is 1090. The molecule has 4 rings (SSSR count). The first-order valence-electron chi connectivity index (χ1n) is 11.5. The monoisotopic (exact) mass is 473 g/mol. The maximum atomic E-state index is 12.6. The molecule has 3 heterocycles. The summed E-state index contributed by atoms with van der Waals surface area (Å²) in [5, 5.41) is 35.5. The first-order valence-corrected chi connectivity index (χ1v) is 11.5. The molecule has 2 fully saturated rings. The average molecular weight is 474 g/mol. The molecule has 0 bridgehead atoms. The second-order valence-electron chi connectivity index (χ2n) is 9.67. The van der Waals surface area contributed by atoms with Crippen molar-refractivity contribution in [2.75, 3.05) is 12.3 Å². The molecule has 11 heteroatoms. The molecule has 184 valence electrons. The zero-order valence-corrected chi connectivity index (χ0v) is 19.5. The summed E-state index contributed by atoms with van der Waals surface area (Å²) in [6, 6.07) is 5.06. The third kappa shape index (κ3) is 3.96. The Labute approximate surface area is 197 Å². The standard InChI is InChI=1S/C23H31N5O6/c1-13(2)22(8-6-14(3)7-9-22)34-21(31)32-10-16-18(29)19(30)23(11-24,33-16)17-5-4-15-20(25)26-12-27-28(15)17/h4-5,12-14,16,18-19,29-30H,6-10H2,1-3H3,(H2,25,26,27)/t14?,16-,18-,19-,22?,23+/m1/s1. The van der Waals surface area contributed by atoms with E-state index in [4.69, 9.17) is 19.9 Å². The number of nitriles is 1. The van der Waals surface area contributed by atoms with Crippen molar-refractivity contribution in [2.45, 2.75) is 76.0 Å². The summed E-state index contributed by atoms with van der Waals surface area (Å²) >= 11 is 0. The number of fused-ring (bicyclic) bond motifs is 1. The van der Waals surface area contributed by atoms with Crippen molar-refractivity contribution in [1.29, 1.82) is 5.26 Å². The molecular weight excluding hydrogens is 442 g/mol. The van der Waals surface area contributed by atoms with Crippen LogP contribution in [0.4, 0.5) is 10.6 Å². The maximum absolute atomic E-state index is 12.6. The summed E-state index contributed by atoms with van der Waals surface area (Å²) < 4.78 is 18.2. The number of carbonyl (C=O) groups is 1. The van der Waals surface area contributed by atoms with Gasteiger partial charge in [-0.25, -0.2) is 14.3 Å². The van der Waals surface area contributed by atoms with Crippen molar-refractivity contribution >= 4 is 17.5 Å². The molecule has 1 saturated heterocycles. The lowest BCUT2D eigenvalue weighted by Crippen LogP contribution is -2.44. The lowest BCUT2D eigenvalue weighted by atomic mass is 9.73. The number of carbonyl (C=O) groups excluding carboxylic acids is 1. The first kappa shape index (κ1) is 24.2. The number of ether oxygens (including phenoxy) is 3. The van der Waals surface area contributed by atoms with Crippen LogP contribution in [0.15, 0.2) is 18.5 Å². The lowest BCUT2D eigenvalue weighted by molar-refractivity contribution is -0.106. The molecule has 4 atom stereocenters. The molecule has 1 aliphatic carbocycles. The Morgan fingerprint density at radius 1 is 1.38 bits per heavy atom. The number of aliphatic hydroxyl groups is 2. The van der Waals surface area contributed by atoms with Gasteiger partial charge < -0.3 is 30.2 Å². The van der Waals surface area contributed by atoms with Crippen LogP contribution in [0.25, 0.3) is 5.52 Å². The fourth-order valence-electron chi connectivity index (χ4n) is 4.94. The number of nitrogen functional groups attached to an aromatic ring is 1. The van der Waals surface area contributed by atoms with Crippen molar-refractivity contribution in [2.24, 2.45) is 11.8 Å². The van der Waals surface area contributed by atoms with Gasteiger partial charge in [-0.3, -0.25) is 0 Å². The van der Waals surface area contributed by atoms with Crippen molar-refractivity contribution in [3.05, 3.63) is 24.2 Å². The number of anilines is 1. The molecule has 4 N–H and O–H groups in total. The Kier molecular flexibility index (Phi) is 6.42. The van der Waals surface area contributed by atoms with Gasteiger partial charge in [-0.1, -0.05) is 20.8 Å². The third-order valence-corrected chi connectivity index (χ3v) is 7.31. The largest absolute Gasteiger partial charge is 0.508 e. The van der Waals surface area contributed by atoms with Gasteiger partial charge in [-0.15, -0.1) is 0 Å². The van der Waals surface area contributed by atoms with Crippen LogP contribution in [0.2, 0.25) is 0 Å². The van der Waals surface area contributed by atoms with E-state index in [1.165, 1.54) is 16.9 Å². The second-order valence-corrected chi connectivity index (χ2v) is 9.67. The first-order chi connectivity index (χ1) is 16.1. The van der Waals surface area contributed by atoms with Gasteiger partial charge in [0, 0.05) is 0 Å². The summed E-state index contributed by atoms with van der Waals surface area (Å²) in [7, 11) is 0. The minimum atomic E-state index is -1.96. The zero-order chi connectivity index (χ0) is 24.7. The molecule has 2 aromatic rings. The Hall–Kier alpha value is -2.94. The fraction of sp³-hybridized carbons (Fsp3) is 0.652. The maximum Gasteiger partial charge on any atom is 0.508 e. The van der Waals surface area contributed by atoms with Crippen LogP contribution in [0.5, 0.6) is 0 Å². The van der Waals surface area contributed by atoms with Gasteiger partial charge in [0.1, 0.15) is 48.4 Å². The van der Waals surface area contributed by atoms with Gasteiger partial charge in [-0.2, -0.15) is 10.4 Å². The molecule has 1 aliphatic heterocycles. The zero-order valence-electron chi connectivity index (χ0n) is 19.5. The third-order valence-electron chi connectivity index (χ3n) is 7.31. The highest BCUT2D eigenvalue weighted by molar-refractivity contribution is 5.66. The van der Waals surface area contributed by atoms with Gasteiger partial charge >= 0.3 is 6.16 Å². The van der Waals surface area contributed by atoms with Crippen LogP contribution in [0, 0.1) is 23.2 Å². The van der Waals surface area contributed by atoms with Crippen LogP contribution < -0.4 is 5.73 Å². The number of nitrogens with two attached hydrogens (primary N) is 1. The van der Waals surface area contributed by atoms with Crippen molar-refractivity contribution < 1.29 is 29.2 Å². The topological polar surface area (TPSA) is 165 Å². The molecule has 0 unspecified atom stereocenters. The van der Waals surface area contributed by atoms with E-state index in [9.17, 15) is 20.3 Å². The number of aromatic nitrogens is 3. The van der Waals surface area contributed by atoms with E-state index < -0.39 is 42.3 Å². The van der Waals surface area contributed by atoms with Gasteiger partial charge in [0.2, 0.25) is 5.60 Å². The highest BCUT2D eigenvalue weighted by atomic mass is 16.7. The number of hydrogen-bond donors (Lipinski definition) is 3. The van der Waals surface area contributed by atoms with Gasteiger partial charge in [0.25, 0.3) is 0 Å². The smallest absolute Gasteiger partial charge is 0.431 e. The SMILES string of the molecule is CC1CCC(OC(=O)OC[C@H]2O[C@@](C#N)(c3ccc4c(N)ncnn34)[C@H](O)[C@@H]2O)(C(C)C)CC1. The van der Waals surface area contributed by atoms with E-state index >= 15 is 0 Å². The summed E-state index contributed by atoms with van der Waals surface area (Å²) in [5.74, 6) is 0.882. The van der Waals surface area contributed by atoms with E-state index in [-0.39, 0.29) is 17.4 Å². The molecule has 2 aliphatic rings. The van der Waals surface area contributed by atoms with E-state index in [0.717, 1.165) is 25.7 Å². The van der Waals surface area contributed by atoms with Crippen LogP contribution in [0.1, 0.15) is 52.1 Å². The molecule has 11 nitrogen and oxygen atoms in total. The van der Waals surface area contributed by atoms with Crippen LogP contribution in [-0.2, 0) is 19.8 Å². The minimum Gasteiger partial charge on any atom is -0.431 e. The average Bonchev–Trinajstić information content (AvgIpc) is 3.35. The molecule has 0 aromatic carbocycles. The summed E-state index contributed by atoms with van der Waals surface area (Å²) in [4.78, 5) is 16.5. The van der Waals surface area contributed by atoms with Gasteiger partial charge in [0.05, 0.1) is 5.69 Å². The van der Waals surface area contributed by atoms with Crippen molar-refractivity contribution in [1.82, 2.24) is 14.6 Å². The van der Waals surface area contributed by atoms with E-state index in [2.05, 4.69) is 17.0 Å². The number of hydrogen-bond acceptors (Lipinski definition) is 10. The van der Waals surface area contributed by atoms with Crippen LogP contribution >= 0.6 is 0 Å². The molecule has 2 aromatic heterocycles. The van der Waals surface area contributed by atoms with E-state index in [0.29, 0.717) is 11.4 Å². The van der Waals surface area contributed by atoms with Gasteiger partial charge in [-0.05, 0) is 49.7 Å². The minimum absolute atomic E-state index is 0.117. The Morgan fingerprint density at radius 3 is 2.74 bits per heavy atom. The fourth-order valence-corrected chi connectivity index (χ4v) is 4.94. The Morgan fingerprint density at radius 2 is 2.09 bits per heavy atom. The Balaban J connectivity index is 1.48.